The van der Waals surface area contributed by atoms with Gasteiger partial charge in [0.1, 0.15) is 29.5 Å². The summed E-state index contributed by atoms with van der Waals surface area (Å²) in [6.07, 6.45) is 2.96. The molecule has 14 heteroatoms. The summed E-state index contributed by atoms with van der Waals surface area (Å²) in [5.74, 6) is -1.64. The monoisotopic (exact) mass is 683 g/mol. The molecule has 1 spiro atoms. The van der Waals surface area contributed by atoms with Gasteiger partial charge >= 0.3 is 6.09 Å². The van der Waals surface area contributed by atoms with E-state index < -0.39 is 59.3 Å². The Morgan fingerprint density at radius 1 is 1.08 bits per heavy atom. The predicted octanol–water partition coefficient (Wildman–Crippen LogP) is 2.14. The van der Waals surface area contributed by atoms with Crippen molar-refractivity contribution in [2.75, 3.05) is 26.9 Å². The summed E-state index contributed by atoms with van der Waals surface area (Å²) < 4.78 is 16.4. The molecule has 4 amide bonds. The number of Topliss-reactive ketones (excluding diaryl/α,β-unsaturated/α-hetero) is 1. The van der Waals surface area contributed by atoms with E-state index in [4.69, 9.17) is 19.0 Å². The number of nitrogens with one attached hydrogen (secondary N) is 4. The van der Waals surface area contributed by atoms with Gasteiger partial charge in [-0.15, -0.1) is 0 Å². The van der Waals surface area contributed by atoms with Crippen molar-refractivity contribution in [3.63, 3.8) is 0 Å². The highest BCUT2D eigenvalue weighted by molar-refractivity contribution is 6.08. The third-order valence-corrected chi connectivity index (χ3v) is 9.26. The van der Waals surface area contributed by atoms with Gasteiger partial charge in [0.05, 0.1) is 25.8 Å². The summed E-state index contributed by atoms with van der Waals surface area (Å²) >= 11 is 0. The quantitative estimate of drug-likeness (QED) is 0.226. The third kappa shape index (κ3) is 8.78. The van der Waals surface area contributed by atoms with Crippen molar-refractivity contribution in [3.8, 4) is 0 Å². The number of amides is 4. The maximum atomic E-state index is 14.5. The first-order valence-corrected chi connectivity index (χ1v) is 17.1. The molecule has 4 N–H and O–H groups in total. The van der Waals surface area contributed by atoms with Gasteiger partial charge < -0.3 is 35.1 Å². The summed E-state index contributed by atoms with van der Waals surface area (Å²) in [7, 11) is 1.43. The number of methoxy groups -OCH3 is 1. The maximum absolute atomic E-state index is 14.5. The molecular formula is C35H49N5O9. The van der Waals surface area contributed by atoms with E-state index in [9.17, 15) is 24.0 Å². The number of hydrogen-bond acceptors (Lipinski definition) is 10. The molecule has 268 valence electrons. The molecule has 4 aliphatic rings. The number of hydroxylamine groups is 1. The Hall–Kier alpha value is -4.01. The van der Waals surface area contributed by atoms with Gasteiger partial charge in [-0.1, -0.05) is 64.4 Å². The summed E-state index contributed by atoms with van der Waals surface area (Å²) in [5.41, 5.74) is 1.35. The van der Waals surface area contributed by atoms with Crippen molar-refractivity contribution in [1.29, 1.82) is 0 Å². The van der Waals surface area contributed by atoms with E-state index in [1.807, 2.05) is 6.92 Å². The van der Waals surface area contributed by atoms with Gasteiger partial charge in [0.25, 0.3) is 5.91 Å². The number of ether oxygens (including phenoxy) is 3. The molecule has 0 bridgehead atoms. The topological polar surface area (TPSA) is 174 Å². The molecule has 0 aromatic heterocycles. The standard InChI is InChI=1S/C35H49N5O9/c1-6-10-24(28(46-5)31(43)36-22-13-14-22)37-30(42)26-18-35(17-25(39-49-35)27(41)21-11-8-7-9-12-21)20-40(26)32(44)29(34(2,3)4)38-33(45)48-23-15-16-47-19-23/h7-9,11-12,17,22-24,26,28-29,39H,6,10,13-16,18-20H2,1-5H3,(H,36,43)(H,37,42)(H,38,45)/t23-,24-,26-,28?,29+,35?/m0/s1. The Bertz CT molecular complexity index is 1420. The molecule has 1 aromatic rings. The van der Waals surface area contributed by atoms with Crippen LogP contribution in [0.25, 0.3) is 0 Å². The first kappa shape index (κ1) is 36.3. The van der Waals surface area contributed by atoms with Crippen molar-refractivity contribution < 1.29 is 43.0 Å². The summed E-state index contributed by atoms with van der Waals surface area (Å²) in [6.45, 7) is 8.02. The molecule has 3 aliphatic heterocycles. The fourth-order valence-electron chi connectivity index (χ4n) is 6.46. The molecule has 3 heterocycles. The summed E-state index contributed by atoms with van der Waals surface area (Å²) in [6, 6.07) is 5.96. The molecule has 1 aromatic carbocycles. The summed E-state index contributed by atoms with van der Waals surface area (Å²) in [4.78, 5) is 75.5. The molecule has 0 radical (unpaired) electrons. The number of allylic oxidation sites excluding steroid dienone is 1. The van der Waals surface area contributed by atoms with E-state index in [1.165, 1.54) is 12.0 Å². The molecule has 14 nitrogen and oxygen atoms in total. The predicted molar refractivity (Wildman–Crippen MR) is 177 cm³/mol. The second-order valence-corrected chi connectivity index (χ2v) is 14.4. The zero-order valence-electron chi connectivity index (χ0n) is 28.9. The van der Waals surface area contributed by atoms with Crippen molar-refractivity contribution in [1.82, 2.24) is 26.3 Å². The van der Waals surface area contributed by atoms with Crippen LogP contribution in [0, 0.1) is 5.41 Å². The molecule has 1 aliphatic carbocycles. The van der Waals surface area contributed by atoms with E-state index in [2.05, 4.69) is 21.4 Å². The van der Waals surface area contributed by atoms with Crippen LogP contribution in [0.1, 0.15) is 76.6 Å². The van der Waals surface area contributed by atoms with Crippen LogP contribution in [0.15, 0.2) is 42.1 Å². The van der Waals surface area contributed by atoms with E-state index in [0.717, 1.165) is 12.8 Å². The van der Waals surface area contributed by atoms with Crippen LogP contribution >= 0.6 is 0 Å². The molecule has 2 unspecified atom stereocenters. The highest BCUT2D eigenvalue weighted by atomic mass is 16.7. The number of ketones is 1. The first-order valence-electron chi connectivity index (χ1n) is 17.1. The van der Waals surface area contributed by atoms with E-state index in [1.54, 1.807) is 57.2 Å². The van der Waals surface area contributed by atoms with Crippen LogP contribution < -0.4 is 21.4 Å². The van der Waals surface area contributed by atoms with Gasteiger partial charge in [0, 0.05) is 31.6 Å². The maximum Gasteiger partial charge on any atom is 0.408 e. The van der Waals surface area contributed by atoms with Crippen LogP contribution in [0.3, 0.4) is 0 Å². The van der Waals surface area contributed by atoms with Gasteiger partial charge in [-0.2, -0.15) is 0 Å². The lowest BCUT2D eigenvalue weighted by Gasteiger charge is -2.36. The second kappa shape index (κ2) is 15.3. The van der Waals surface area contributed by atoms with Crippen LogP contribution in [-0.2, 0) is 33.4 Å². The normalized spacial score (nSPS) is 25.2. The minimum atomic E-state index is -1.23. The molecule has 3 fully saturated rings. The lowest BCUT2D eigenvalue weighted by Crippen LogP contribution is -2.60. The number of benzene rings is 1. The van der Waals surface area contributed by atoms with Crippen molar-refractivity contribution in [3.05, 3.63) is 47.7 Å². The van der Waals surface area contributed by atoms with Gasteiger partial charge in [-0.25, -0.2) is 4.79 Å². The fraction of sp³-hybridized carbons (Fsp3) is 0.629. The molecule has 6 atom stereocenters. The Morgan fingerprint density at radius 2 is 1.82 bits per heavy atom. The number of carbonyl (C=O) groups is 5. The van der Waals surface area contributed by atoms with Crippen LogP contribution in [0.5, 0.6) is 0 Å². The van der Waals surface area contributed by atoms with Crippen LogP contribution in [0.4, 0.5) is 4.79 Å². The number of alkyl carbamates (subject to hydrolysis) is 1. The number of likely N-dealkylation sites (tertiary alicyclic amines) is 1. The number of carbonyl (C=O) groups excluding carboxylic acids is 5. The molecule has 2 saturated heterocycles. The minimum Gasteiger partial charge on any atom is -0.444 e. The Kier molecular flexibility index (Phi) is 11.3. The van der Waals surface area contributed by atoms with Gasteiger partial charge in [0.2, 0.25) is 17.6 Å². The average Bonchev–Trinajstić information content (AvgIpc) is 3.41. The minimum absolute atomic E-state index is 0.00856. The average molecular weight is 684 g/mol. The first-order chi connectivity index (χ1) is 23.3. The lowest BCUT2D eigenvalue weighted by atomic mass is 9.85. The van der Waals surface area contributed by atoms with Gasteiger partial charge in [-0.05, 0) is 30.8 Å². The fourth-order valence-corrected chi connectivity index (χ4v) is 6.46. The third-order valence-electron chi connectivity index (χ3n) is 9.26. The summed E-state index contributed by atoms with van der Waals surface area (Å²) in [5, 5.41) is 8.68. The van der Waals surface area contributed by atoms with Crippen LogP contribution in [-0.4, -0.2) is 103 Å². The zero-order chi connectivity index (χ0) is 35.3. The zero-order valence-corrected chi connectivity index (χ0v) is 28.9. The van der Waals surface area contributed by atoms with E-state index in [0.29, 0.717) is 31.4 Å². The Morgan fingerprint density at radius 3 is 2.43 bits per heavy atom. The number of hydrogen-bond donors (Lipinski definition) is 4. The highest BCUT2D eigenvalue weighted by Gasteiger charge is 2.54. The van der Waals surface area contributed by atoms with E-state index in [-0.39, 0.29) is 43.0 Å². The lowest BCUT2D eigenvalue weighted by molar-refractivity contribution is -0.143. The largest absolute Gasteiger partial charge is 0.444 e. The van der Waals surface area contributed by atoms with Gasteiger partial charge in [0.15, 0.2) is 6.10 Å². The smallest absolute Gasteiger partial charge is 0.408 e. The Labute approximate surface area is 286 Å². The molecule has 1 saturated carbocycles. The van der Waals surface area contributed by atoms with Crippen molar-refractivity contribution in [2.45, 2.75) is 108 Å². The highest BCUT2D eigenvalue weighted by Crippen LogP contribution is 2.37. The molecule has 49 heavy (non-hydrogen) atoms. The van der Waals surface area contributed by atoms with Gasteiger partial charge in [-0.3, -0.25) is 29.5 Å². The van der Waals surface area contributed by atoms with Crippen molar-refractivity contribution in [2.24, 2.45) is 5.41 Å². The number of rotatable bonds is 13. The molecular weight excluding hydrogens is 634 g/mol. The van der Waals surface area contributed by atoms with Crippen LogP contribution in [0.2, 0.25) is 0 Å². The van der Waals surface area contributed by atoms with Crippen molar-refractivity contribution >= 4 is 29.6 Å². The Balaban J connectivity index is 1.42. The second-order valence-electron chi connectivity index (χ2n) is 14.4. The number of nitrogens with zero attached hydrogens (tertiary/aromatic N) is 1. The van der Waals surface area contributed by atoms with E-state index >= 15 is 0 Å². The molecule has 5 rings (SSSR count). The SMILES string of the molecule is CCC[C@H](NC(=O)[C@@H]1CC2(C=C(C(=O)c3ccccc3)NO2)CN1C(=O)[C@@H](NC(=O)O[C@H]1CCOC1)C(C)(C)C)C(OC)C(=O)NC1CC1.